The number of pyridine rings is 1. The molecule has 0 fully saturated rings. The smallest absolute Gasteiger partial charge is 0.126 e. The van der Waals surface area contributed by atoms with Crippen LogP contribution in [0.15, 0.2) is 35.8 Å². The summed E-state index contributed by atoms with van der Waals surface area (Å²) in [6.07, 6.45) is 3.92. The molecule has 1 N–H and O–H groups in total. The molecule has 0 aliphatic rings. The molecule has 0 saturated heterocycles. The van der Waals surface area contributed by atoms with Crippen LogP contribution in [-0.2, 0) is 17.8 Å². The first-order chi connectivity index (χ1) is 9.38. The maximum absolute atomic E-state index is 5.70. The summed E-state index contributed by atoms with van der Waals surface area (Å²) in [5.74, 6) is 0.932. The topological polar surface area (TPSA) is 34.1 Å². The number of hydrogen-bond acceptors (Lipinski definition) is 4. The van der Waals surface area contributed by atoms with Gasteiger partial charge < -0.3 is 10.1 Å². The van der Waals surface area contributed by atoms with Crippen molar-refractivity contribution in [2.75, 3.05) is 18.5 Å². The van der Waals surface area contributed by atoms with Gasteiger partial charge in [-0.05, 0) is 35.6 Å². The largest absolute Gasteiger partial charge is 0.376 e. The van der Waals surface area contributed by atoms with Crippen molar-refractivity contribution in [3.8, 4) is 0 Å². The van der Waals surface area contributed by atoms with E-state index in [1.54, 1.807) is 11.3 Å². The third kappa shape index (κ3) is 5.01. The molecular formula is C15H20N2OS. The normalized spacial score (nSPS) is 10.6. The molecule has 4 heteroatoms. The van der Waals surface area contributed by atoms with Crippen molar-refractivity contribution in [2.45, 2.75) is 26.4 Å². The second-order valence-electron chi connectivity index (χ2n) is 4.36. The van der Waals surface area contributed by atoms with Gasteiger partial charge in [0.25, 0.3) is 0 Å². The number of thiophene rings is 1. The van der Waals surface area contributed by atoms with Crippen molar-refractivity contribution in [1.29, 1.82) is 0 Å². The number of ether oxygens (including phenoxy) is 1. The zero-order valence-electron chi connectivity index (χ0n) is 11.3. The Hall–Kier alpha value is -1.39. The average molecular weight is 276 g/mol. The summed E-state index contributed by atoms with van der Waals surface area (Å²) in [5, 5.41) is 5.38. The Labute approximate surface area is 118 Å². The molecule has 0 saturated carbocycles. The van der Waals surface area contributed by atoms with Crippen LogP contribution in [0.4, 0.5) is 5.82 Å². The maximum Gasteiger partial charge on any atom is 0.126 e. The molecule has 0 radical (unpaired) electrons. The minimum atomic E-state index is 0.648. The van der Waals surface area contributed by atoms with Crippen LogP contribution >= 0.6 is 11.3 Å². The Morgan fingerprint density at radius 2 is 2.32 bits per heavy atom. The Morgan fingerprint density at radius 3 is 3.11 bits per heavy atom. The summed E-state index contributed by atoms with van der Waals surface area (Å²) in [6.45, 7) is 4.51. The van der Waals surface area contributed by atoms with Gasteiger partial charge in [-0.25, -0.2) is 4.98 Å². The predicted octanol–water partition coefficient (Wildman–Crippen LogP) is 3.72. The summed E-state index contributed by atoms with van der Waals surface area (Å²) in [4.78, 5) is 5.66. The van der Waals surface area contributed by atoms with Gasteiger partial charge in [-0.15, -0.1) is 11.3 Å². The Balaban J connectivity index is 1.73. The summed E-state index contributed by atoms with van der Waals surface area (Å²) in [5.41, 5.74) is 1.17. The van der Waals surface area contributed by atoms with Gasteiger partial charge >= 0.3 is 0 Å². The zero-order chi connectivity index (χ0) is 13.3. The second-order valence-corrected chi connectivity index (χ2v) is 5.39. The highest BCUT2D eigenvalue weighted by Gasteiger charge is 1.98. The maximum atomic E-state index is 5.70. The molecule has 102 valence electrons. The molecule has 0 bridgehead atoms. The zero-order valence-corrected chi connectivity index (χ0v) is 12.1. The molecule has 0 aliphatic heterocycles. The van der Waals surface area contributed by atoms with E-state index in [1.807, 2.05) is 12.3 Å². The van der Waals surface area contributed by atoms with Gasteiger partial charge in [0.2, 0.25) is 0 Å². The quantitative estimate of drug-likeness (QED) is 0.746. The average Bonchev–Trinajstić information content (AvgIpc) is 2.95. The number of rotatable bonds is 8. The molecule has 0 aliphatic carbocycles. The van der Waals surface area contributed by atoms with Crippen molar-refractivity contribution in [3.05, 3.63) is 46.3 Å². The SMILES string of the molecule is CCCNc1cc(COCCc2cccs2)ccn1. The molecule has 0 atom stereocenters. The third-order valence-corrected chi connectivity index (χ3v) is 3.66. The molecule has 19 heavy (non-hydrogen) atoms. The van der Waals surface area contributed by atoms with Crippen LogP contribution in [0.25, 0.3) is 0 Å². The summed E-state index contributed by atoms with van der Waals surface area (Å²) >= 11 is 1.78. The van der Waals surface area contributed by atoms with Gasteiger partial charge in [0.1, 0.15) is 5.82 Å². The van der Waals surface area contributed by atoms with Crippen molar-refractivity contribution in [3.63, 3.8) is 0 Å². The van der Waals surface area contributed by atoms with Gasteiger partial charge in [0.05, 0.1) is 13.2 Å². The van der Waals surface area contributed by atoms with E-state index in [-0.39, 0.29) is 0 Å². The Bertz CT molecular complexity index is 471. The number of hydrogen-bond donors (Lipinski definition) is 1. The van der Waals surface area contributed by atoms with E-state index in [0.29, 0.717) is 6.61 Å². The first-order valence-corrected chi connectivity index (χ1v) is 7.55. The van der Waals surface area contributed by atoms with Crippen molar-refractivity contribution in [2.24, 2.45) is 0 Å². The van der Waals surface area contributed by atoms with Crippen LogP contribution in [0, 0.1) is 0 Å². The lowest BCUT2D eigenvalue weighted by molar-refractivity contribution is 0.124. The summed E-state index contributed by atoms with van der Waals surface area (Å²) in [6, 6.07) is 8.28. The lowest BCUT2D eigenvalue weighted by Crippen LogP contribution is -2.03. The second kappa shape index (κ2) is 7.92. The van der Waals surface area contributed by atoms with Gasteiger partial charge in [0.15, 0.2) is 0 Å². The minimum absolute atomic E-state index is 0.648. The third-order valence-electron chi connectivity index (χ3n) is 2.72. The van der Waals surface area contributed by atoms with E-state index < -0.39 is 0 Å². The molecule has 2 heterocycles. The minimum Gasteiger partial charge on any atom is -0.376 e. The lowest BCUT2D eigenvalue weighted by Gasteiger charge is -2.07. The fourth-order valence-corrected chi connectivity index (χ4v) is 2.42. The first-order valence-electron chi connectivity index (χ1n) is 6.67. The van der Waals surface area contributed by atoms with Gasteiger partial charge in [-0.2, -0.15) is 0 Å². The first kappa shape index (κ1) is 14.0. The van der Waals surface area contributed by atoms with Crippen molar-refractivity contribution in [1.82, 2.24) is 4.98 Å². The van der Waals surface area contributed by atoms with Crippen LogP contribution in [0.5, 0.6) is 0 Å². The fourth-order valence-electron chi connectivity index (χ4n) is 1.73. The number of anilines is 1. The van der Waals surface area contributed by atoms with E-state index in [2.05, 4.69) is 40.8 Å². The van der Waals surface area contributed by atoms with Crippen LogP contribution in [0.3, 0.4) is 0 Å². The summed E-state index contributed by atoms with van der Waals surface area (Å²) in [7, 11) is 0. The Kier molecular flexibility index (Phi) is 5.85. The molecular weight excluding hydrogens is 256 g/mol. The standard InChI is InChI=1S/C15H20N2OS/c1-2-7-16-15-11-13(5-8-17-15)12-18-9-6-14-4-3-10-19-14/h3-5,8,10-11H,2,6-7,9,12H2,1H3,(H,16,17). The molecule has 0 unspecified atom stereocenters. The van der Waals surface area contributed by atoms with E-state index >= 15 is 0 Å². The fraction of sp³-hybridized carbons (Fsp3) is 0.400. The molecule has 0 amide bonds. The van der Waals surface area contributed by atoms with Crippen LogP contribution in [-0.4, -0.2) is 18.1 Å². The molecule has 0 spiro atoms. The Morgan fingerprint density at radius 1 is 1.37 bits per heavy atom. The number of aromatic nitrogens is 1. The molecule has 0 aromatic carbocycles. The predicted molar refractivity (Wildman–Crippen MR) is 80.7 cm³/mol. The monoisotopic (exact) mass is 276 g/mol. The highest BCUT2D eigenvalue weighted by Crippen LogP contribution is 2.11. The molecule has 2 rings (SSSR count). The van der Waals surface area contributed by atoms with Crippen molar-refractivity contribution < 1.29 is 4.74 Å². The van der Waals surface area contributed by atoms with E-state index in [1.165, 1.54) is 10.4 Å². The van der Waals surface area contributed by atoms with Crippen LogP contribution in [0.2, 0.25) is 0 Å². The van der Waals surface area contributed by atoms with Gasteiger partial charge in [-0.3, -0.25) is 0 Å². The van der Waals surface area contributed by atoms with E-state index in [0.717, 1.165) is 31.8 Å². The number of nitrogens with one attached hydrogen (secondary N) is 1. The molecule has 3 nitrogen and oxygen atoms in total. The van der Waals surface area contributed by atoms with E-state index in [4.69, 9.17) is 4.74 Å². The number of nitrogens with zero attached hydrogens (tertiary/aromatic N) is 1. The van der Waals surface area contributed by atoms with Crippen LogP contribution in [0.1, 0.15) is 23.8 Å². The molecule has 2 aromatic rings. The van der Waals surface area contributed by atoms with Gasteiger partial charge in [-0.1, -0.05) is 13.0 Å². The highest BCUT2D eigenvalue weighted by molar-refractivity contribution is 7.09. The van der Waals surface area contributed by atoms with Gasteiger partial charge in [0, 0.05) is 24.0 Å². The highest BCUT2D eigenvalue weighted by atomic mass is 32.1. The molecule has 2 aromatic heterocycles. The lowest BCUT2D eigenvalue weighted by atomic mass is 10.3. The summed E-state index contributed by atoms with van der Waals surface area (Å²) < 4.78 is 5.70. The van der Waals surface area contributed by atoms with Crippen LogP contribution < -0.4 is 5.32 Å². The van der Waals surface area contributed by atoms with E-state index in [9.17, 15) is 0 Å². The van der Waals surface area contributed by atoms with Crippen molar-refractivity contribution >= 4 is 17.2 Å².